The summed E-state index contributed by atoms with van der Waals surface area (Å²) in [6, 6.07) is 8.40. The van der Waals surface area contributed by atoms with Crippen molar-refractivity contribution in [3.05, 3.63) is 41.6 Å². The average Bonchev–Trinajstić information content (AvgIpc) is 3.27. The van der Waals surface area contributed by atoms with E-state index in [0.29, 0.717) is 26.3 Å². The zero-order chi connectivity index (χ0) is 19.1. The van der Waals surface area contributed by atoms with Crippen molar-refractivity contribution in [1.29, 1.82) is 0 Å². The smallest absolute Gasteiger partial charge is 0.317 e. The fourth-order valence-corrected chi connectivity index (χ4v) is 4.67. The third-order valence-corrected chi connectivity index (χ3v) is 6.26. The minimum atomic E-state index is -0.0602. The second kappa shape index (κ2) is 6.94. The lowest BCUT2D eigenvalue weighted by Crippen LogP contribution is -2.50. The van der Waals surface area contributed by atoms with E-state index in [-0.39, 0.29) is 17.7 Å². The highest BCUT2D eigenvalue weighted by atomic mass is 16.6. The van der Waals surface area contributed by atoms with Gasteiger partial charge in [0.15, 0.2) is 0 Å². The van der Waals surface area contributed by atoms with Crippen LogP contribution in [0.2, 0.25) is 0 Å². The Morgan fingerprint density at radius 1 is 1.36 bits per heavy atom. The minimum Gasteiger partial charge on any atom is -0.375 e. The third kappa shape index (κ3) is 3.10. The lowest BCUT2D eigenvalue weighted by atomic mass is 9.97. The normalized spacial score (nSPS) is 23.7. The van der Waals surface area contributed by atoms with E-state index >= 15 is 0 Å². The van der Waals surface area contributed by atoms with Gasteiger partial charge < -0.3 is 24.7 Å². The molecule has 28 heavy (non-hydrogen) atoms. The topological polar surface area (TPSA) is 66.6 Å². The van der Waals surface area contributed by atoms with Crippen LogP contribution in [0.1, 0.15) is 30.5 Å². The number of amides is 2. The van der Waals surface area contributed by atoms with Gasteiger partial charge in [-0.3, -0.25) is 0 Å². The Morgan fingerprint density at radius 3 is 2.93 bits per heavy atom. The van der Waals surface area contributed by atoms with Crippen LogP contribution in [0.4, 0.5) is 4.79 Å². The number of rotatable bonds is 3. The predicted octanol–water partition coefficient (Wildman–Crippen LogP) is 3.22. The summed E-state index contributed by atoms with van der Waals surface area (Å²) >= 11 is 0. The monoisotopic (exact) mass is 381 g/mol. The quantitative estimate of drug-likeness (QED) is 0.858. The van der Waals surface area contributed by atoms with Gasteiger partial charge in [0.1, 0.15) is 5.60 Å². The van der Waals surface area contributed by atoms with Gasteiger partial charge in [0.05, 0.1) is 19.3 Å². The molecule has 6 heteroatoms. The molecular formula is C22H27N3O3. The molecule has 3 aliphatic heterocycles. The van der Waals surface area contributed by atoms with E-state index in [1.165, 1.54) is 27.7 Å². The van der Waals surface area contributed by atoms with Crippen LogP contribution in [0.15, 0.2) is 30.3 Å². The van der Waals surface area contributed by atoms with Gasteiger partial charge in [0.2, 0.25) is 0 Å². The van der Waals surface area contributed by atoms with Crippen molar-refractivity contribution in [2.45, 2.75) is 37.9 Å². The number of benzene rings is 1. The highest BCUT2D eigenvalue weighted by molar-refractivity contribution is 5.94. The van der Waals surface area contributed by atoms with E-state index in [1.807, 2.05) is 4.90 Å². The molecule has 0 saturated carbocycles. The van der Waals surface area contributed by atoms with E-state index in [9.17, 15) is 4.79 Å². The van der Waals surface area contributed by atoms with Crippen molar-refractivity contribution in [2.75, 3.05) is 32.8 Å². The number of para-hydroxylation sites is 1. The Balaban J connectivity index is 1.19. The largest absolute Gasteiger partial charge is 0.375 e. The van der Waals surface area contributed by atoms with E-state index in [0.717, 1.165) is 25.8 Å². The summed E-state index contributed by atoms with van der Waals surface area (Å²) in [5, 5.41) is 4.32. The number of fused-ring (bicyclic) bond motifs is 1. The lowest BCUT2D eigenvalue weighted by Gasteiger charge is -2.37. The number of aromatic amines is 1. The maximum Gasteiger partial charge on any atom is 0.317 e. The van der Waals surface area contributed by atoms with Gasteiger partial charge >= 0.3 is 6.03 Å². The van der Waals surface area contributed by atoms with Gasteiger partial charge in [-0.1, -0.05) is 24.3 Å². The van der Waals surface area contributed by atoms with Crippen molar-refractivity contribution >= 4 is 22.5 Å². The number of hydrogen-bond donors (Lipinski definition) is 2. The van der Waals surface area contributed by atoms with Gasteiger partial charge in [-0.25, -0.2) is 4.79 Å². The zero-order valence-electron chi connectivity index (χ0n) is 16.3. The molecule has 2 fully saturated rings. The first kappa shape index (κ1) is 17.8. The Kier molecular flexibility index (Phi) is 4.40. The van der Waals surface area contributed by atoms with Gasteiger partial charge in [-0.15, -0.1) is 0 Å². The van der Waals surface area contributed by atoms with Crippen LogP contribution in [-0.4, -0.2) is 60.5 Å². The third-order valence-electron chi connectivity index (χ3n) is 6.26. The summed E-state index contributed by atoms with van der Waals surface area (Å²) in [7, 11) is 0. The molecule has 5 rings (SSSR count). The number of hydrogen-bond acceptors (Lipinski definition) is 3. The Labute approximate surface area is 164 Å². The van der Waals surface area contributed by atoms with E-state index < -0.39 is 0 Å². The molecule has 1 atom stereocenters. The van der Waals surface area contributed by atoms with E-state index in [1.54, 1.807) is 0 Å². The molecule has 0 aliphatic carbocycles. The number of H-pyrrole nitrogens is 1. The fourth-order valence-electron chi connectivity index (χ4n) is 4.67. The molecular weight excluding hydrogens is 354 g/mol. The number of aromatic nitrogens is 1. The molecule has 1 aromatic heterocycles. The van der Waals surface area contributed by atoms with E-state index in [4.69, 9.17) is 9.47 Å². The molecule has 1 aromatic carbocycles. The molecule has 2 saturated heterocycles. The highest BCUT2D eigenvalue weighted by Crippen LogP contribution is 2.36. The molecule has 2 amide bonds. The van der Waals surface area contributed by atoms with E-state index in [2.05, 4.69) is 47.6 Å². The summed E-state index contributed by atoms with van der Waals surface area (Å²) in [4.78, 5) is 17.9. The molecule has 148 valence electrons. The first-order chi connectivity index (χ1) is 13.6. The minimum absolute atomic E-state index is 0.000332. The Hall–Kier alpha value is -2.31. The first-order valence-electron chi connectivity index (χ1n) is 10.2. The molecule has 4 heterocycles. The fraction of sp³-hybridized carbons (Fsp3) is 0.500. The van der Waals surface area contributed by atoms with Crippen LogP contribution in [0.5, 0.6) is 0 Å². The number of nitrogens with zero attached hydrogens (tertiary/aromatic N) is 1. The van der Waals surface area contributed by atoms with Crippen LogP contribution in [0, 0.1) is 6.92 Å². The summed E-state index contributed by atoms with van der Waals surface area (Å²) < 4.78 is 11.3. The number of ether oxygens (including phenoxy) is 2. The summed E-state index contributed by atoms with van der Waals surface area (Å²) in [6.07, 6.45) is 5.20. The maximum absolute atomic E-state index is 12.6. The molecule has 0 radical (unpaired) electrons. The van der Waals surface area contributed by atoms with Gasteiger partial charge in [0.25, 0.3) is 0 Å². The summed E-state index contributed by atoms with van der Waals surface area (Å²) in [5.74, 6) is 0. The van der Waals surface area contributed by atoms with Crippen LogP contribution in [0.3, 0.4) is 0 Å². The molecule has 3 aliphatic rings. The Bertz CT molecular complexity index is 928. The highest BCUT2D eigenvalue weighted by Gasteiger charge is 2.46. The Morgan fingerprint density at radius 2 is 2.21 bits per heavy atom. The van der Waals surface area contributed by atoms with Crippen molar-refractivity contribution in [1.82, 2.24) is 15.2 Å². The number of urea groups is 1. The summed E-state index contributed by atoms with van der Waals surface area (Å²) in [6.45, 7) is 5.48. The number of carbonyl (C=O) groups is 1. The van der Waals surface area contributed by atoms with Gasteiger partial charge in [0, 0.05) is 41.8 Å². The summed E-state index contributed by atoms with van der Waals surface area (Å²) in [5.41, 5.74) is 4.92. The van der Waals surface area contributed by atoms with Crippen molar-refractivity contribution in [3.8, 4) is 0 Å². The second-order valence-electron chi connectivity index (χ2n) is 8.24. The standard InChI is InChI=1S/C22H27N3O3/c1-15-20(18-4-2-3-5-19(18)24-15)16-7-10-25(11-8-16)21(26)23-12-17-6-9-22(28-17)13-27-14-22/h2-5,7,17,24H,6,8-14H2,1H3,(H,23,26). The van der Waals surface area contributed by atoms with Gasteiger partial charge in [-0.2, -0.15) is 0 Å². The van der Waals surface area contributed by atoms with Crippen molar-refractivity contribution in [2.24, 2.45) is 0 Å². The maximum atomic E-state index is 12.6. The number of carbonyl (C=O) groups excluding carboxylic acids is 1. The van der Waals surface area contributed by atoms with Gasteiger partial charge in [-0.05, 0) is 37.8 Å². The molecule has 1 spiro atoms. The molecule has 1 unspecified atom stereocenters. The van der Waals surface area contributed by atoms with Crippen molar-refractivity contribution < 1.29 is 14.3 Å². The van der Waals surface area contributed by atoms with Crippen LogP contribution in [-0.2, 0) is 9.47 Å². The van der Waals surface area contributed by atoms with Crippen LogP contribution >= 0.6 is 0 Å². The first-order valence-corrected chi connectivity index (χ1v) is 10.2. The molecule has 0 bridgehead atoms. The SMILES string of the molecule is Cc1[nH]c2ccccc2c1C1=CCN(C(=O)NCC2CCC3(COC3)O2)CC1. The predicted molar refractivity (Wildman–Crippen MR) is 108 cm³/mol. The molecule has 2 N–H and O–H groups in total. The zero-order valence-corrected chi connectivity index (χ0v) is 16.3. The second-order valence-corrected chi connectivity index (χ2v) is 8.24. The lowest BCUT2D eigenvalue weighted by molar-refractivity contribution is -0.199. The van der Waals surface area contributed by atoms with Crippen LogP contribution < -0.4 is 5.32 Å². The number of aryl methyl sites for hydroxylation is 1. The van der Waals surface area contributed by atoms with Crippen LogP contribution in [0.25, 0.3) is 16.5 Å². The number of nitrogens with one attached hydrogen (secondary N) is 2. The van der Waals surface area contributed by atoms with Crippen molar-refractivity contribution in [3.63, 3.8) is 0 Å². The average molecular weight is 381 g/mol. The molecule has 6 nitrogen and oxygen atoms in total. The molecule has 2 aromatic rings.